The number of hydrogen-bond donors (Lipinski definition) is 0. The molecule has 0 bridgehead atoms. The number of amides is 2. The van der Waals surface area contributed by atoms with Crippen LogP contribution in [0.3, 0.4) is 0 Å². The molecule has 0 saturated carbocycles. The molecule has 2 aromatic carbocycles. The highest BCUT2D eigenvalue weighted by atomic mass is 35.5. The highest BCUT2D eigenvalue weighted by Gasteiger charge is 2.26. The van der Waals surface area contributed by atoms with Gasteiger partial charge >= 0.3 is 0 Å². The summed E-state index contributed by atoms with van der Waals surface area (Å²) in [5.41, 5.74) is 0.712. The lowest BCUT2D eigenvalue weighted by atomic mass is 10.1. The number of halogens is 2. The zero-order valence-electron chi connectivity index (χ0n) is 14.8. The van der Waals surface area contributed by atoms with E-state index in [0.717, 1.165) is 0 Å². The van der Waals surface area contributed by atoms with Crippen LogP contribution in [0.5, 0.6) is 0 Å². The standard InChI is InChI=1S/C19H17Cl2N3O4/c20-15-9-14(10-16(21)12-15)19(26)23-7-5-22(6-8-23)18(25)11-13-3-1-2-4-17(13)24(27)28/h1-4,9-10,12H,5-8,11H2. The summed E-state index contributed by atoms with van der Waals surface area (Å²) in [6.07, 6.45) is -0.0466. The molecule has 0 atom stereocenters. The Bertz CT molecular complexity index is 907. The molecule has 1 saturated heterocycles. The highest BCUT2D eigenvalue weighted by molar-refractivity contribution is 6.35. The van der Waals surface area contributed by atoms with Gasteiger partial charge in [-0.2, -0.15) is 0 Å². The van der Waals surface area contributed by atoms with Crippen LogP contribution in [0.25, 0.3) is 0 Å². The van der Waals surface area contributed by atoms with Gasteiger partial charge < -0.3 is 9.80 Å². The minimum Gasteiger partial charge on any atom is -0.339 e. The second kappa shape index (κ2) is 8.58. The van der Waals surface area contributed by atoms with Crippen molar-refractivity contribution >= 4 is 40.7 Å². The molecule has 1 aliphatic rings. The van der Waals surface area contributed by atoms with Crippen molar-refractivity contribution < 1.29 is 14.5 Å². The summed E-state index contributed by atoms with van der Waals surface area (Å²) in [4.78, 5) is 39.0. The minimum absolute atomic E-state index is 0.0466. The number of para-hydroxylation sites is 1. The molecule has 0 aromatic heterocycles. The van der Waals surface area contributed by atoms with Gasteiger partial charge in [-0.3, -0.25) is 19.7 Å². The van der Waals surface area contributed by atoms with E-state index in [1.165, 1.54) is 6.07 Å². The smallest absolute Gasteiger partial charge is 0.273 e. The molecule has 0 N–H and O–H groups in total. The largest absolute Gasteiger partial charge is 0.339 e. The van der Waals surface area contributed by atoms with Gasteiger partial charge in [-0.05, 0) is 18.2 Å². The quantitative estimate of drug-likeness (QED) is 0.558. The summed E-state index contributed by atoms with van der Waals surface area (Å²) in [5.74, 6) is -0.401. The van der Waals surface area contributed by atoms with Crippen molar-refractivity contribution in [2.45, 2.75) is 6.42 Å². The van der Waals surface area contributed by atoms with Gasteiger partial charge in [0.15, 0.2) is 0 Å². The molecule has 3 rings (SSSR count). The minimum atomic E-state index is -0.491. The Hall–Kier alpha value is -2.64. The summed E-state index contributed by atoms with van der Waals surface area (Å²) in [6, 6.07) is 10.9. The predicted molar refractivity (Wildman–Crippen MR) is 106 cm³/mol. The van der Waals surface area contributed by atoms with Crippen molar-refractivity contribution in [3.63, 3.8) is 0 Å². The zero-order valence-corrected chi connectivity index (χ0v) is 16.3. The van der Waals surface area contributed by atoms with E-state index in [0.29, 0.717) is 47.4 Å². The molecule has 0 spiro atoms. The molecule has 28 heavy (non-hydrogen) atoms. The van der Waals surface area contributed by atoms with Gasteiger partial charge in [0.1, 0.15) is 0 Å². The maximum absolute atomic E-state index is 12.6. The highest BCUT2D eigenvalue weighted by Crippen LogP contribution is 2.22. The first-order valence-corrected chi connectivity index (χ1v) is 9.36. The Morgan fingerprint density at radius 1 is 0.964 bits per heavy atom. The van der Waals surface area contributed by atoms with E-state index >= 15 is 0 Å². The summed E-state index contributed by atoms with van der Waals surface area (Å²) in [7, 11) is 0. The van der Waals surface area contributed by atoms with Crippen LogP contribution in [-0.4, -0.2) is 52.7 Å². The summed E-state index contributed by atoms with van der Waals surface area (Å²) in [6.45, 7) is 1.45. The molecule has 1 heterocycles. The second-order valence-corrected chi connectivity index (χ2v) is 7.27. The predicted octanol–water partition coefficient (Wildman–Crippen LogP) is 3.43. The number of nitrogens with zero attached hydrogens (tertiary/aromatic N) is 3. The number of nitro groups is 1. The third kappa shape index (κ3) is 4.61. The second-order valence-electron chi connectivity index (χ2n) is 6.39. The molecule has 146 valence electrons. The van der Waals surface area contributed by atoms with Gasteiger partial charge in [0.25, 0.3) is 11.6 Å². The van der Waals surface area contributed by atoms with E-state index in [2.05, 4.69) is 0 Å². The number of benzene rings is 2. The number of hydrogen-bond acceptors (Lipinski definition) is 4. The molecular weight excluding hydrogens is 405 g/mol. The van der Waals surface area contributed by atoms with Crippen molar-refractivity contribution in [2.75, 3.05) is 26.2 Å². The lowest BCUT2D eigenvalue weighted by molar-refractivity contribution is -0.385. The number of carbonyl (C=O) groups is 2. The molecule has 7 nitrogen and oxygen atoms in total. The fourth-order valence-corrected chi connectivity index (χ4v) is 3.66. The summed E-state index contributed by atoms with van der Waals surface area (Å²) < 4.78 is 0. The fourth-order valence-electron chi connectivity index (χ4n) is 3.13. The van der Waals surface area contributed by atoms with Crippen LogP contribution in [0.1, 0.15) is 15.9 Å². The number of piperazine rings is 1. The van der Waals surface area contributed by atoms with Crippen molar-refractivity contribution in [2.24, 2.45) is 0 Å². The molecule has 0 unspecified atom stereocenters. The Morgan fingerprint density at radius 2 is 1.54 bits per heavy atom. The molecule has 1 aliphatic heterocycles. The van der Waals surface area contributed by atoms with Crippen molar-refractivity contribution in [1.29, 1.82) is 0 Å². The molecule has 1 fully saturated rings. The molecule has 9 heteroatoms. The van der Waals surface area contributed by atoms with Crippen molar-refractivity contribution in [3.8, 4) is 0 Å². The average molecular weight is 422 g/mol. The maximum atomic E-state index is 12.6. The molecular formula is C19H17Cl2N3O4. The van der Waals surface area contributed by atoms with Gasteiger partial charge in [0.05, 0.1) is 11.3 Å². The normalized spacial score (nSPS) is 14.1. The van der Waals surface area contributed by atoms with Crippen LogP contribution in [0.15, 0.2) is 42.5 Å². The van der Waals surface area contributed by atoms with Crippen LogP contribution in [-0.2, 0) is 11.2 Å². The molecule has 2 aromatic rings. The zero-order chi connectivity index (χ0) is 20.3. The Kier molecular flexibility index (Phi) is 6.16. The monoisotopic (exact) mass is 421 g/mol. The lowest BCUT2D eigenvalue weighted by Gasteiger charge is -2.35. The number of carbonyl (C=O) groups excluding carboxylic acids is 2. The number of nitro benzene ring substituents is 1. The molecule has 0 aliphatic carbocycles. The van der Waals surface area contributed by atoms with Gasteiger partial charge in [-0.25, -0.2) is 0 Å². The third-order valence-electron chi connectivity index (χ3n) is 4.56. The average Bonchev–Trinajstić information content (AvgIpc) is 2.67. The van der Waals surface area contributed by atoms with Gasteiger partial charge in [0, 0.05) is 53.4 Å². The van der Waals surface area contributed by atoms with Gasteiger partial charge in [-0.1, -0.05) is 41.4 Å². The van der Waals surface area contributed by atoms with Crippen molar-refractivity contribution in [1.82, 2.24) is 9.80 Å². The fraction of sp³-hybridized carbons (Fsp3) is 0.263. The maximum Gasteiger partial charge on any atom is 0.273 e. The Labute approximate surface area is 171 Å². The van der Waals surface area contributed by atoms with Crippen LogP contribution >= 0.6 is 23.2 Å². The van der Waals surface area contributed by atoms with E-state index in [1.54, 1.807) is 46.2 Å². The van der Waals surface area contributed by atoms with E-state index in [4.69, 9.17) is 23.2 Å². The van der Waals surface area contributed by atoms with E-state index in [1.807, 2.05) is 0 Å². The topological polar surface area (TPSA) is 83.8 Å². The summed E-state index contributed by atoms with van der Waals surface area (Å²) in [5, 5.41) is 11.9. The number of rotatable bonds is 4. The SMILES string of the molecule is O=C(Cc1ccccc1[N+](=O)[O-])N1CCN(C(=O)c2cc(Cl)cc(Cl)c2)CC1. The lowest BCUT2D eigenvalue weighted by Crippen LogP contribution is -2.51. The first-order valence-electron chi connectivity index (χ1n) is 8.60. The van der Waals surface area contributed by atoms with E-state index in [-0.39, 0.29) is 23.9 Å². The third-order valence-corrected chi connectivity index (χ3v) is 5.00. The van der Waals surface area contributed by atoms with Crippen LogP contribution < -0.4 is 0 Å². The van der Waals surface area contributed by atoms with E-state index < -0.39 is 4.92 Å². The van der Waals surface area contributed by atoms with E-state index in [9.17, 15) is 19.7 Å². The first kappa shape index (κ1) is 20.1. The first-order chi connectivity index (χ1) is 13.3. The van der Waals surface area contributed by atoms with Crippen LogP contribution in [0, 0.1) is 10.1 Å². The molecule has 2 amide bonds. The van der Waals surface area contributed by atoms with Crippen LogP contribution in [0.4, 0.5) is 5.69 Å². The molecule has 0 radical (unpaired) electrons. The Morgan fingerprint density at radius 3 is 2.14 bits per heavy atom. The van der Waals surface area contributed by atoms with Crippen molar-refractivity contribution in [3.05, 3.63) is 73.8 Å². The van der Waals surface area contributed by atoms with Gasteiger partial charge in [-0.15, -0.1) is 0 Å². The Balaban J connectivity index is 1.61. The van der Waals surface area contributed by atoms with Gasteiger partial charge in [0.2, 0.25) is 5.91 Å². The summed E-state index contributed by atoms with van der Waals surface area (Å²) >= 11 is 11.9. The van der Waals surface area contributed by atoms with Crippen LogP contribution in [0.2, 0.25) is 10.0 Å².